The lowest BCUT2D eigenvalue weighted by Crippen LogP contribution is -2.49. The minimum absolute atomic E-state index is 0.0400. The average molecular weight is 459 g/mol. The Morgan fingerprint density at radius 2 is 1.68 bits per heavy atom. The van der Waals surface area contributed by atoms with Crippen molar-refractivity contribution in [2.75, 3.05) is 6.54 Å². The van der Waals surface area contributed by atoms with Crippen LogP contribution in [0.4, 0.5) is 0 Å². The van der Waals surface area contributed by atoms with Gasteiger partial charge in [0, 0.05) is 37.7 Å². The van der Waals surface area contributed by atoms with E-state index in [9.17, 15) is 14.7 Å². The molecule has 2 aromatic carbocycles. The highest BCUT2D eigenvalue weighted by molar-refractivity contribution is 5.79. The molecule has 178 valence electrons. The number of aliphatic hydroxyl groups is 1. The molecule has 3 aromatic rings. The van der Waals surface area contributed by atoms with Crippen molar-refractivity contribution >= 4 is 5.91 Å². The van der Waals surface area contributed by atoms with Gasteiger partial charge in [-0.2, -0.15) is 0 Å². The van der Waals surface area contributed by atoms with Crippen LogP contribution in [0.2, 0.25) is 0 Å². The highest BCUT2D eigenvalue weighted by Crippen LogP contribution is 2.44. The summed E-state index contributed by atoms with van der Waals surface area (Å²) >= 11 is 0. The third-order valence-corrected chi connectivity index (χ3v) is 7.10. The zero-order valence-corrected chi connectivity index (χ0v) is 20.5. The number of likely N-dealkylation sites (tertiary alicyclic amines) is 1. The molecule has 0 saturated carbocycles. The van der Waals surface area contributed by atoms with E-state index in [2.05, 4.69) is 19.1 Å². The fraction of sp³-hybridized carbons (Fsp3) is 0.379. The quantitative estimate of drug-likeness (QED) is 0.575. The average Bonchev–Trinajstić information content (AvgIpc) is 2.80. The fourth-order valence-electron chi connectivity index (χ4n) is 5.33. The van der Waals surface area contributed by atoms with Gasteiger partial charge in [0.1, 0.15) is 0 Å². The van der Waals surface area contributed by atoms with Crippen molar-refractivity contribution in [2.24, 2.45) is 7.05 Å². The van der Waals surface area contributed by atoms with Gasteiger partial charge in [-0.1, -0.05) is 54.6 Å². The van der Waals surface area contributed by atoms with Crippen molar-refractivity contribution in [3.63, 3.8) is 0 Å². The first-order valence-corrected chi connectivity index (χ1v) is 11.9. The van der Waals surface area contributed by atoms with E-state index in [4.69, 9.17) is 0 Å². The number of amides is 1. The van der Waals surface area contributed by atoms with E-state index in [-0.39, 0.29) is 22.9 Å². The molecule has 1 aromatic heterocycles. The minimum atomic E-state index is -0.863. The van der Waals surface area contributed by atoms with Gasteiger partial charge in [0.15, 0.2) is 0 Å². The summed E-state index contributed by atoms with van der Waals surface area (Å²) in [5.41, 5.74) is 2.78. The molecule has 0 aliphatic carbocycles. The topological polar surface area (TPSA) is 62.5 Å². The van der Waals surface area contributed by atoms with Gasteiger partial charge < -0.3 is 14.6 Å². The molecule has 0 bridgehead atoms. The van der Waals surface area contributed by atoms with E-state index >= 15 is 0 Å². The summed E-state index contributed by atoms with van der Waals surface area (Å²) in [6.07, 6.45) is 3.51. The molecule has 5 heteroatoms. The van der Waals surface area contributed by atoms with Gasteiger partial charge in [0.2, 0.25) is 5.91 Å². The van der Waals surface area contributed by atoms with Gasteiger partial charge in [-0.15, -0.1) is 0 Å². The van der Waals surface area contributed by atoms with Gasteiger partial charge in [-0.25, -0.2) is 0 Å². The molecule has 1 aliphatic rings. The molecule has 1 fully saturated rings. The molecule has 0 unspecified atom stereocenters. The Balaban J connectivity index is 1.54. The van der Waals surface area contributed by atoms with Gasteiger partial charge in [-0.05, 0) is 61.9 Å². The largest absolute Gasteiger partial charge is 0.390 e. The first-order chi connectivity index (χ1) is 16.1. The first kappa shape index (κ1) is 24.0. The maximum Gasteiger partial charge on any atom is 0.250 e. The SMILES string of the molecule is C[C@@H](c1ccc(-c2ccn(C)c(=O)c2)cc1)N1CC[C@](CC(C)(C)O)(c2ccccc2)CC1=O. The highest BCUT2D eigenvalue weighted by Gasteiger charge is 2.44. The summed E-state index contributed by atoms with van der Waals surface area (Å²) in [7, 11) is 1.74. The van der Waals surface area contributed by atoms with E-state index in [0.29, 0.717) is 19.4 Å². The number of carbonyl (C=O) groups is 1. The van der Waals surface area contributed by atoms with Crippen LogP contribution in [0.15, 0.2) is 77.7 Å². The van der Waals surface area contributed by atoms with Crippen LogP contribution in [0.1, 0.15) is 57.2 Å². The Hall–Kier alpha value is -3.18. The predicted molar refractivity (Wildman–Crippen MR) is 136 cm³/mol. The third kappa shape index (κ3) is 5.00. The van der Waals surface area contributed by atoms with Crippen LogP contribution in [0, 0.1) is 0 Å². The number of hydrogen-bond donors (Lipinski definition) is 1. The zero-order chi connectivity index (χ0) is 24.5. The van der Waals surface area contributed by atoms with E-state index in [1.54, 1.807) is 23.9 Å². The third-order valence-electron chi connectivity index (χ3n) is 7.10. The molecule has 5 nitrogen and oxygen atoms in total. The van der Waals surface area contributed by atoms with Crippen molar-refractivity contribution in [1.29, 1.82) is 0 Å². The van der Waals surface area contributed by atoms with Crippen molar-refractivity contribution in [3.05, 3.63) is 94.4 Å². The second-order valence-corrected chi connectivity index (χ2v) is 10.3. The van der Waals surface area contributed by atoms with Gasteiger partial charge in [0.05, 0.1) is 11.6 Å². The number of rotatable bonds is 6. The summed E-state index contributed by atoms with van der Waals surface area (Å²) < 4.78 is 1.55. The van der Waals surface area contributed by atoms with Crippen LogP contribution >= 0.6 is 0 Å². The second-order valence-electron chi connectivity index (χ2n) is 10.3. The molecule has 0 spiro atoms. The summed E-state index contributed by atoms with van der Waals surface area (Å²) in [6, 6.07) is 21.8. The van der Waals surface area contributed by atoms with Crippen LogP contribution in [0.3, 0.4) is 0 Å². The molecule has 1 amide bonds. The number of pyridine rings is 1. The summed E-state index contributed by atoms with van der Waals surface area (Å²) in [6.45, 7) is 6.35. The van der Waals surface area contributed by atoms with Crippen molar-refractivity contribution in [3.8, 4) is 11.1 Å². The van der Waals surface area contributed by atoms with Crippen molar-refractivity contribution < 1.29 is 9.90 Å². The molecule has 1 saturated heterocycles. The molecular formula is C29H34N2O3. The monoisotopic (exact) mass is 458 g/mol. The number of benzene rings is 2. The number of aryl methyl sites for hydroxylation is 1. The number of hydrogen-bond acceptors (Lipinski definition) is 3. The van der Waals surface area contributed by atoms with Crippen LogP contribution in [-0.4, -0.2) is 32.6 Å². The van der Waals surface area contributed by atoms with E-state index in [0.717, 1.165) is 28.7 Å². The van der Waals surface area contributed by atoms with Gasteiger partial charge in [-0.3, -0.25) is 9.59 Å². The van der Waals surface area contributed by atoms with Gasteiger partial charge in [0.25, 0.3) is 5.56 Å². The van der Waals surface area contributed by atoms with Crippen LogP contribution in [0.25, 0.3) is 11.1 Å². The van der Waals surface area contributed by atoms with Crippen LogP contribution in [-0.2, 0) is 17.3 Å². The number of carbonyl (C=O) groups excluding carboxylic acids is 1. The maximum absolute atomic E-state index is 13.4. The molecule has 1 aliphatic heterocycles. The van der Waals surface area contributed by atoms with Crippen molar-refractivity contribution in [1.82, 2.24) is 9.47 Å². The molecule has 1 N–H and O–H groups in total. The van der Waals surface area contributed by atoms with Crippen LogP contribution in [0.5, 0.6) is 0 Å². The van der Waals surface area contributed by atoms with Crippen LogP contribution < -0.4 is 5.56 Å². The molecule has 34 heavy (non-hydrogen) atoms. The van der Waals surface area contributed by atoms with E-state index in [1.807, 2.05) is 67.3 Å². The number of aromatic nitrogens is 1. The second kappa shape index (κ2) is 9.22. The molecule has 4 rings (SSSR count). The molecule has 2 heterocycles. The summed E-state index contributed by atoms with van der Waals surface area (Å²) in [5, 5.41) is 10.6. The standard InChI is InChI=1S/C29H34N2O3/c1-21(22-10-12-23(13-11-22)24-14-16-30(4)26(32)18-24)31-17-15-29(19-27(31)33,20-28(2,3)34)25-8-6-5-7-9-25/h5-14,16,18,21,34H,15,17,19-20H2,1-4H3/t21-,29-/m0/s1. The van der Waals surface area contributed by atoms with E-state index in [1.165, 1.54) is 0 Å². The number of nitrogens with zero attached hydrogens (tertiary/aromatic N) is 2. The van der Waals surface area contributed by atoms with E-state index < -0.39 is 5.60 Å². The van der Waals surface area contributed by atoms with Crippen molar-refractivity contribution in [2.45, 2.75) is 57.1 Å². The number of piperidine rings is 1. The maximum atomic E-state index is 13.4. The van der Waals surface area contributed by atoms with Gasteiger partial charge >= 0.3 is 0 Å². The Kier molecular flexibility index (Phi) is 6.50. The normalized spacial score (nSPS) is 19.8. The first-order valence-electron chi connectivity index (χ1n) is 11.9. The Labute approximate surface area is 201 Å². The highest BCUT2D eigenvalue weighted by atomic mass is 16.3. The fourth-order valence-corrected chi connectivity index (χ4v) is 5.33. The predicted octanol–water partition coefficient (Wildman–Crippen LogP) is 4.83. The molecular weight excluding hydrogens is 424 g/mol. The lowest BCUT2D eigenvalue weighted by atomic mass is 9.66. The lowest BCUT2D eigenvalue weighted by molar-refractivity contribution is -0.139. The Morgan fingerprint density at radius 3 is 2.26 bits per heavy atom. The summed E-state index contributed by atoms with van der Waals surface area (Å²) in [5.74, 6) is 0.113. The smallest absolute Gasteiger partial charge is 0.250 e. The summed E-state index contributed by atoms with van der Waals surface area (Å²) in [4.78, 5) is 27.4. The minimum Gasteiger partial charge on any atom is -0.390 e. The molecule has 0 radical (unpaired) electrons. The Bertz CT molecular complexity index is 1210. The lowest BCUT2D eigenvalue weighted by Gasteiger charge is -2.46. The zero-order valence-electron chi connectivity index (χ0n) is 20.5. The molecule has 2 atom stereocenters. The Morgan fingerprint density at radius 1 is 1.00 bits per heavy atom.